The maximum atomic E-state index is 6.57. The molecule has 1 aromatic carbocycles. The first kappa shape index (κ1) is 13.6. The first-order valence-electron chi connectivity index (χ1n) is 7.18. The van der Waals surface area contributed by atoms with E-state index in [-0.39, 0.29) is 6.04 Å². The van der Waals surface area contributed by atoms with Crippen LogP contribution in [0.4, 0.5) is 0 Å². The fraction of sp³-hybridized carbons (Fsp3) is 0.647. The third kappa shape index (κ3) is 2.09. The molecular formula is C17H27N. The van der Waals surface area contributed by atoms with Crippen molar-refractivity contribution in [1.82, 2.24) is 0 Å². The zero-order valence-electron chi connectivity index (χ0n) is 12.7. The van der Waals surface area contributed by atoms with Crippen molar-refractivity contribution in [3.63, 3.8) is 0 Å². The van der Waals surface area contributed by atoms with E-state index in [1.807, 2.05) is 0 Å². The van der Waals surface area contributed by atoms with Crippen LogP contribution >= 0.6 is 0 Å². The van der Waals surface area contributed by atoms with Gasteiger partial charge in [-0.25, -0.2) is 0 Å². The lowest BCUT2D eigenvalue weighted by atomic mass is 9.81. The van der Waals surface area contributed by atoms with Crippen LogP contribution in [0.2, 0.25) is 0 Å². The topological polar surface area (TPSA) is 26.0 Å². The van der Waals surface area contributed by atoms with Crippen LogP contribution in [0.3, 0.4) is 0 Å². The van der Waals surface area contributed by atoms with Gasteiger partial charge in [-0.2, -0.15) is 0 Å². The van der Waals surface area contributed by atoms with Crippen LogP contribution in [0, 0.1) is 46.5 Å². The largest absolute Gasteiger partial charge is 0.324 e. The molecule has 2 rings (SSSR count). The minimum atomic E-state index is 0.204. The number of hydrogen-bond donors (Lipinski definition) is 1. The lowest BCUT2D eigenvalue weighted by Crippen LogP contribution is -2.23. The Balaban J connectivity index is 2.49. The molecule has 18 heavy (non-hydrogen) atoms. The van der Waals surface area contributed by atoms with Crippen LogP contribution in [-0.4, -0.2) is 0 Å². The summed E-state index contributed by atoms with van der Waals surface area (Å²) in [5, 5.41) is 0. The van der Waals surface area contributed by atoms with E-state index >= 15 is 0 Å². The molecule has 1 saturated carbocycles. The number of hydrogen-bond acceptors (Lipinski definition) is 1. The molecule has 0 saturated heterocycles. The standard InChI is InChI=1S/C17H27N/c1-9-10(2)12(4)16(13(5)11(9)3)17(18)14(6)15-7-8-15/h14-15,17H,7-8,18H2,1-6H3. The molecule has 1 heteroatoms. The van der Waals surface area contributed by atoms with Crippen molar-refractivity contribution in [2.45, 2.75) is 60.4 Å². The summed E-state index contributed by atoms with van der Waals surface area (Å²) in [6.45, 7) is 13.5. The van der Waals surface area contributed by atoms with Crippen molar-refractivity contribution >= 4 is 0 Å². The lowest BCUT2D eigenvalue weighted by molar-refractivity contribution is 0.414. The Bertz CT molecular complexity index is 440. The molecule has 0 spiro atoms. The summed E-state index contributed by atoms with van der Waals surface area (Å²) >= 11 is 0. The molecular weight excluding hydrogens is 218 g/mol. The van der Waals surface area contributed by atoms with Gasteiger partial charge in [0.25, 0.3) is 0 Å². The zero-order valence-corrected chi connectivity index (χ0v) is 12.7. The van der Waals surface area contributed by atoms with Crippen LogP contribution in [0.1, 0.15) is 59.2 Å². The third-order valence-electron chi connectivity index (χ3n) is 5.32. The zero-order chi connectivity index (χ0) is 13.6. The van der Waals surface area contributed by atoms with E-state index in [0.29, 0.717) is 5.92 Å². The van der Waals surface area contributed by atoms with Crippen LogP contribution in [0.25, 0.3) is 0 Å². The SMILES string of the molecule is Cc1c(C)c(C)c(C(N)C(C)C2CC2)c(C)c1C. The Kier molecular flexibility index (Phi) is 3.55. The smallest absolute Gasteiger partial charge is 0.0329 e. The van der Waals surface area contributed by atoms with Crippen LogP contribution in [0.5, 0.6) is 0 Å². The summed E-state index contributed by atoms with van der Waals surface area (Å²) < 4.78 is 0. The van der Waals surface area contributed by atoms with E-state index in [2.05, 4.69) is 41.5 Å². The average Bonchev–Trinajstić information content (AvgIpc) is 3.17. The maximum absolute atomic E-state index is 6.57. The number of rotatable bonds is 3. The molecule has 1 aliphatic rings. The summed E-state index contributed by atoms with van der Waals surface area (Å²) in [6, 6.07) is 0.204. The Morgan fingerprint density at radius 3 is 1.61 bits per heavy atom. The second-order valence-electron chi connectivity index (χ2n) is 6.26. The normalized spacial score (nSPS) is 18.8. The highest BCUT2D eigenvalue weighted by molar-refractivity contribution is 5.50. The molecule has 0 bridgehead atoms. The minimum absolute atomic E-state index is 0.204. The molecule has 0 aromatic heterocycles. The van der Waals surface area contributed by atoms with Crippen molar-refractivity contribution in [3.05, 3.63) is 33.4 Å². The lowest BCUT2D eigenvalue weighted by Gasteiger charge is -2.27. The van der Waals surface area contributed by atoms with E-state index in [4.69, 9.17) is 5.73 Å². The first-order chi connectivity index (χ1) is 8.36. The van der Waals surface area contributed by atoms with Crippen molar-refractivity contribution in [2.24, 2.45) is 17.6 Å². The molecule has 2 unspecified atom stereocenters. The molecule has 2 atom stereocenters. The average molecular weight is 245 g/mol. The molecule has 1 fully saturated rings. The van der Waals surface area contributed by atoms with Crippen molar-refractivity contribution < 1.29 is 0 Å². The third-order valence-corrected chi connectivity index (χ3v) is 5.32. The predicted molar refractivity (Wildman–Crippen MR) is 78.9 cm³/mol. The van der Waals surface area contributed by atoms with E-state index in [9.17, 15) is 0 Å². The van der Waals surface area contributed by atoms with E-state index in [1.165, 1.54) is 46.2 Å². The Hall–Kier alpha value is -0.820. The van der Waals surface area contributed by atoms with Gasteiger partial charge in [-0.3, -0.25) is 0 Å². The van der Waals surface area contributed by atoms with Crippen molar-refractivity contribution in [1.29, 1.82) is 0 Å². The second kappa shape index (κ2) is 4.70. The highest BCUT2D eigenvalue weighted by Gasteiger charge is 2.33. The fourth-order valence-corrected chi connectivity index (χ4v) is 3.21. The minimum Gasteiger partial charge on any atom is -0.324 e. The van der Waals surface area contributed by atoms with Gasteiger partial charge in [-0.1, -0.05) is 6.92 Å². The predicted octanol–water partition coefficient (Wildman–Crippen LogP) is 4.27. The monoisotopic (exact) mass is 245 g/mol. The van der Waals surface area contributed by atoms with Crippen LogP contribution < -0.4 is 5.73 Å². The van der Waals surface area contributed by atoms with Gasteiger partial charge in [-0.15, -0.1) is 0 Å². The van der Waals surface area contributed by atoms with Gasteiger partial charge in [0, 0.05) is 6.04 Å². The van der Waals surface area contributed by atoms with Crippen molar-refractivity contribution in [2.75, 3.05) is 0 Å². The van der Waals surface area contributed by atoms with Gasteiger partial charge in [-0.05, 0) is 92.7 Å². The summed E-state index contributed by atoms with van der Waals surface area (Å²) in [4.78, 5) is 0. The van der Waals surface area contributed by atoms with Gasteiger partial charge < -0.3 is 5.73 Å². The molecule has 1 aliphatic carbocycles. The molecule has 2 N–H and O–H groups in total. The van der Waals surface area contributed by atoms with E-state index in [1.54, 1.807) is 0 Å². The quantitative estimate of drug-likeness (QED) is 0.845. The number of benzene rings is 1. The summed E-state index contributed by atoms with van der Waals surface area (Å²) in [5.41, 5.74) is 15.1. The van der Waals surface area contributed by atoms with Crippen LogP contribution in [0.15, 0.2) is 0 Å². The van der Waals surface area contributed by atoms with Gasteiger partial charge in [0.05, 0.1) is 0 Å². The summed E-state index contributed by atoms with van der Waals surface area (Å²) in [6.07, 6.45) is 2.74. The molecule has 0 aliphatic heterocycles. The van der Waals surface area contributed by atoms with E-state index in [0.717, 1.165) is 5.92 Å². The molecule has 100 valence electrons. The molecule has 1 nitrogen and oxygen atoms in total. The first-order valence-corrected chi connectivity index (χ1v) is 7.18. The van der Waals surface area contributed by atoms with E-state index < -0.39 is 0 Å². The maximum Gasteiger partial charge on any atom is 0.0329 e. The summed E-state index contributed by atoms with van der Waals surface area (Å²) in [5.74, 6) is 1.48. The van der Waals surface area contributed by atoms with Gasteiger partial charge in [0.2, 0.25) is 0 Å². The Labute approximate surface area is 112 Å². The van der Waals surface area contributed by atoms with Gasteiger partial charge >= 0.3 is 0 Å². The molecule has 0 radical (unpaired) electrons. The number of nitrogens with two attached hydrogens (primary N) is 1. The second-order valence-corrected chi connectivity index (χ2v) is 6.26. The van der Waals surface area contributed by atoms with Gasteiger partial charge in [0.15, 0.2) is 0 Å². The van der Waals surface area contributed by atoms with Crippen LogP contribution in [-0.2, 0) is 0 Å². The fourth-order valence-electron chi connectivity index (χ4n) is 3.21. The Morgan fingerprint density at radius 2 is 1.22 bits per heavy atom. The van der Waals surface area contributed by atoms with Crippen molar-refractivity contribution in [3.8, 4) is 0 Å². The highest BCUT2D eigenvalue weighted by atomic mass is 14.7. The Morgan fingerprint density at radius 1 is 0.833 bits per heavy atom. The van der Waals surface area contributed by atoms with Gasteiger partial charge in [0.1, 0.15) is 0 Å². The summed E-state index contributed by atoms with van der Waals surface area (Å²) in [7, 11) is 0. The molecule has 1 aromatic rings. The molecule has 0 heterocycles. The molecule has 0 amide bonds. The highest BCUT2D eigenvalue weighted by Crippen LogP contribution is 2.43.